The zero-order valence-electron chi connectivity index (χ0n) is 11.8. The van der Waals surface area contributed by atoms with E-state index in [-0.39, 0.29) is 17.7 Å². The topological polar surface area (TPSA) is 75.6 Å². The number of amides is 1. The van der Waals surface area contributed by atoms with E-state index in [1.54, 1.807) is 0 Å². The van der Waals surface area contributed by atoms with Gasteiger partial charge in [0.15, 0.2) is 0 Å². The maximum atomic E-state index is 13.5. The minimum Gasteiger partial charge on any atom is -0.478 e. The standard InChI is InChI=1S/C15H18FNO4/c1-2-21-11-5-9(6-11)7-14(18)17-10-3-4-12(15(19)20)13(16)8-10/h3-4,8-9,11H,2,5-7H2,1H3,(H,17,18)(H,19,20). The highest BCUT2D eigenvalue weighted by molar-refractivity contribution is 5.92. The molecular formula is C15H18FNO4. The van der Waals surface area contributed by atoms with Gasteiger partial charge < -0.3 is 15.2 Å². The van der Waals surface area contributed by atoms with Crippen molar-refractivity contribution in [3.8, 4) is 0 Å². The first kappa shape index (κ1) is 15.4. The molecule has 5 nitrogen and oxygen atoms in total. The summed E-state index contributed by atoms with van der Waals surface area (Å²) in [5.74, 6) is -2.09. The lowest BCUT2D eigenvalue weighted by molar-refractivity contribution is -0.119. The number of carbonyl (C=O) groups excluding carboxylic acids is 1. The van der Waals surface area contributed by atoms with E-state index < -0.39 is 17.3 Å². The van der Waals surface area contributed by atoms with E-state index in [2.05, 4.69) is 5.32 Å². The Kier molecular flexibility index (Phi) is 4.90. The van der Waals surface area contributed by atoms with Gasteiger partial charge in [0.2, 0.25) is 5.91 Å². The maximum absolute atomic E-state index is 13.5. The van der Waals surface area contributed by atoms with Gasteiger partial charge in [-0.2, -0.15) is 0 Å². The van der Waals surface area contributed by atoms with Crippen molar-refractivity contribution in [2.24, 2.45) is 5.92 Å². The van der Waals surface area contributed by atoms with Gasteiger partial charge >= 0.3 is 5.97 Å². The third-order valence-electron chi connectivity index (χ3n) is 3.55. The Hall–Kier alpha value is -1.95. The van der Waals surface area contributed by atoms with Crippen LogP contribution < -0.4 is 5.32 Å². The number of halogens is 1. The largest absolute Gasteiger partial charge is 0.478 e. The Bertz CT molecular complexity index is 540. The normalized spacial score (nSPS) is 20.7. The molecule has 6 heteroatoms. The van der Waals surface area contributed by atoms with E-state index in [1.807, 2.05) is 6.92 Å². The van der Waals surface area contributed by atoms with Crippen LogP contribution in [0.1, 0.15) is 36.5 Å². The number of hydrogen-bond donors (Lipinski definition) is 2. The van der Waals surface area contributed by atoms with Crippen LogP contribution in [-0.4, -0.2) is 29.7 Å². The number of rotatable bonds is 6. The van der Waals surface area contributed by atoms with Crippen molar-refractivity contribution in [3.05, 3.63) is 29.6 Å². The minimum atomic E-state index is -1.33. The molecule has 2 N–H and O–H groups in total. The number of nitrogens with one attached hydrogen (secondary N) is 1. The van der Waals surface area contributed by atoms with Crippen molar-refractivity contribution < 1.29 is 23.8 Å². The molecule has 0 saturated heterocycles. The molecule has 0 unspecified atom stereocenters. The van der Waals surface area contributed by atoms with Crippen molar-refractivity contribution in [3.63, 3.8) is 0 Å². The van der Waals surface area contributed by atoms with Gasteiger partial charge in [0.25, 0.3) is 0 Å². The SMILES string of the molecule is CCOC1CC(CC(=O)Nc2ccc(C(=O)O)c(F)c2)C1. The van der Waals surface area contributed by atoms with Crippen LogP contribution in [0.2, 0.25) is 0 Å². The Morgan fingerprint density at radius 1 is 1.43 bits per heavy atom. The molecule has 1 aromatic rings. The lowest BCUT2D eigenvalue weighted by Crippen LogP contribution is -2.33. The van der Waals surface area contributed by atoms with Gasteiger partial charge in [-0.15, -0.1) is 0 Å². The van der Waals surface area contributed by atoms with E-state index in [4.69, 9.17) is 9.84 Å². The summed E-state index contributed by atoms with van der Waals surface area (Å²) in [5.41, 5.74) is -0.144. The van der Waals surface area contributed by atoms with Crippen LogP contribution in [0, 0.1) is 11.7 Å². The number of carbonyl (C=O) groups is 2. The first-order valence-corrected chi connectivity index (χ1v) is 6.94. The summed E-state index contributed by atoms with van der Waals surface area (Å²) in [6.45, 7) is 2.62. The number of hydrogen-bond acceptors (Lipinski definition) is 3. The molecule has 0 aliphatic heterocycles. The number of anilines is 1. The van der Waals surface area contributed by atoms with Gasteiger partial charge in [0, 0.05) is 18.7 Å². The van der Waals surface area contributed by atoms with Gasteiger partial charge in [0.05, 0.1) is 11.7 Å². The minimum absolute atomic E-state index is 0.197. The lowest BCUT2D eigenvalue weighted by atomic mass is 9.80. The van der Waals surface area contributed by atoms with Gasteiger partial charge in [-0.25, -0.2) is 9.18 Å². The summed E-state index contributed by atoms with van der Waals surface area (Å²) in [5, 5.41) is 11.3. The zero-order chi connectivity index (χ0) is 15.4. The van der Waals surface area contributed by atoms with E-state index in [9.17, 15) is 14.0 Å². The fourth-order valence-corrected chi connectivity index (χ4v) is 2.45. The smallest absolute Gasteiger partial charge is 0.338 e. The second-order valence-electron chi connectivity index (χ2n) is 5.17. The third-order valence-corrected chi connectivity index (χ3v) is 3.55. The molecule has 114 valence electrons. The Morgan fingerprint density at radius 3 is 2.71 bits per heavy atom. The third kappa shape index (κ3) is 4.01. The van der Waals surface area contributed by atoms with Gasteiger partial charge in [0.1, 0.15) is 5.82 Å². The van der Waals surface area contributed by atoms with Gasteiger partial charge in [-0.3, -0.25) is 4.79 Å². The monoisotopic (exact) mass is 295 g/mol. The summed E-state index contributed by atoms with van der Waals surface area (Å²) in [4.78, 5) is 22.5. The van der Waals surface area contributed by atoms with Crippen LogP contribution in [0.3, 0.4) is 0 Å². The summed E-state index contributed by atoms with van der Waals surface area (Å²) >= 11 is 0. The quantitative estimate of drug-likeness (QED) is 0.846. The van der Waals surface area contributed by atoms with Gasteiger partial charge in [-0.1, -0.05) is 0 Å². The van der Waals surface area contributed by atoms with E-state index >= 15 is 0 Å². The molecule has 2 rings (SSSR count). The number of carboxylic acid groups (broad SMARTS) is 1. The van der Waals surface area contributed by atoms with Crippen molar-refractivity contribution in [1.82, 2.24) is 0 Å². The second kappa shape index (κ2) is 6.67. The molecule has 0 heterocycles. The molecule has 21 heavy (non-hydrogen) atoms. The van der Waals surface area contributed by atoms with Gasteiger partial charge in [-0.05, 0) is 43.9 Å². The Labute approximate surface area is 122 Å². The zero-order valence-corrected chi connectivity index (χ0v) is 11.8. The summed E-state index contributed by atoms with van der Waals surface area (Å²) in [6, 6.07) is 3.54. The average Bonchev–Trinajstić information content (AvgIpc) is 2.35. The highest BCUT2D eigenvalue weighted by Crippen LogP contribution is 2.32. The molecule has 0 spiro atoms. The summed E-state index contributed by atoms with van der Waals surface area (Å²) in [6.07, 6.45) is 2.35. The van der Waals surface area contributed by atoms with E-state index in [0.29, 0.717) is 18.9 Å². The lowest BCUT2D eigenvalue weighted by Gasteiger charge is -2.34. The summed E-state index contributed by atoms with van der Waals surface area (Å²) < 4.78 is 18.9. The number of carboxylic acids is 1. The summed E-state index contributed by atoms with van der Waals surface area (Å²) in [7, 11) is 0. The van der Waals surface area contributed by atoms with Crippen LogP contribution in [0.15, 0.2) is 18.2 Å². The first-order valence-electron chi connectivity index (χ1n) is 6.94. The predicted molar refractivity (Wildman–Crippen MR) is 74.7 cm³/mol. The van der Waals surface area contributed by atoms with Crippen LogP contribution in [0.5, 0.6) is 0 Å². The Morgan fingerprint density at radius 2 is 2.14 bits per heavy atom. The van der Waals surface area contributed by atoms with Crippen LogP contribution >= 0.6 is 0 Å². The van der Waals surface area contributed by atoms with Crippen LogP contribution in [0.4, 0.5) is 10.1 Å². The molecule has 1 aliphatic rings. The number of ether oxygens (including phenoxy) is 1. The molecule has 0 aromatic heterocycles. The fourth-order valence-electron chi connectivity index (χ4n) is 2.45. The molecule has 1 aromatic carbocycles. The molecule has 1 aliphatic carbocycles. The molecule has 0 atom stereocenters. The van der Waals surface area contributed by atoms with Crippen molar-refractivity contribution >= 4 is 17.6 Å². The highest BCUT2D eigenvalue weighted by Gasteiger charge is 2.31. The molecule has 1 fully saturated rings. The highest BCUT2D eigenvalue weighted by atomic mass is 19.1. The van der Waals surface area contributed by atoms with Crippen molar-refractivity contribution in [1.29, 1.82) is 0 Å². The maximum Gasteiger partial charge on any atom is 0.338 e. The van der Waals surface area contributed by atoms with E-state index in [1.165, 1.54) is 6.07 Å². The first-order chi connectivity index (χ1) is 9.99. The molecule has 0 bridgehead atoms. The molecular weight excluding hydrogens is 277 g/mol. The van der Waals surface area contributed by atoms with E-state index in [0.717, 1.165) is 25.0 Å². The average molecular weight is 295 g/mol. The molecule has 0 radical (unpaired) electrons. The second-order valence-corrected chi connectivity index (χ2v) is 5.17. The van der Waals surface area contributed by atoms with Crippen LogP contribution in [0.25, 0.3) is 0 Å². The fraction of sp³-hybridized carbons (Fsp3) is 0.467. The predicted octanol–water partition coefficient (Wildman–Crippen LogP) is 2.67. The van der Waals surface area contributed by atoms with Crippen molar-refractivity contribution in [2.75, 3.05) is 11.9 Å². The molecule has 1 saturated carbocycles. The van der Waals surface area contributed by atoms with Crippen LogP contribution in [-0.2, 0) is 9.53 Å². The molecule has 1 amide bonds. The Balaban J connectivity index is 1.83. The number of benzene rings is 1. The number of aromatic carboxylic acids is 1. The van der Waals surface area contributed by atoms with Crippen molar-refractivity contribution in [2.45, 2.75) is 32.3 Å².